The molecule has 2 heterocycles. The summed E-state index contributed by atoms with van der Waals surface area (Å²) < 4.78 is 13.2. The summed E-state index contributed by atoms with van der Waals surface area (Å²) in [5.41, 5.74) is 0.810. The Labute approximate surface area is 93.5 Å². The lowest BCUT2D eigenvalue weighted by molar-refractivity contribution is 0.312. The molecular weight excluding hydrogens is 217 g/mol. The van der Waals surface area contributed by atoms with Crippen molar-refractivity contribution in [2.24, 2.45) is 0 Å². The first kappa shape index (κ1) is 10.6. The molecule has 1 aromatic heterocycles. The highest BCUT2D eigenvalue weighted by molar-refractivity contribution is 6.29. The van der Waals surface area contributed by atoms with E-state index in [9.17, 15) is 4.39 Å². The summed E-state index contributed by atoms with van der Waals surface area (Å²) in [5.74, 6) is -0.451. The number of anilines is 1. The molecule has 0 N–H and O–H groups in total. The summed E-state index contributed by atoms with van der Waals surface area (Å²) in [6.07, 6.45) is 1.62. The van der Waals surface area contributed by atoms with Gasteiger partial charge in [-0.3, -0.25) is 0 Å². The molecule has 15 heavy (non-hydrogen) atoms. The lowest BCUT2D eigenvalue weighted by atomic mass is 10.3. The lowest BCUT2D eigenvalue weighted by Gasteiger charge is -2.33. The molecular formula is C10H13ClFN3. The number of hydrogen-bond acceptors (Lipinski definition) is 3. The molecule has 1 aliphatic heterocycles. The minimum Gasteiger partial charge on any atom is -0.368 e. The van der Waals surface area contributed by atoms with E-state index in [4.69, 9.17) is 11.6 Å². The molecule has 0 atom stereocenters. The van der Waals surface area contributed by atoms with Crippen molar-refractivity contribution in [1.29, 1.82) is 0 Å². The van der Waals surface area contributed by atoms with Crippen LogP contribution in [0.2, 0.25) is 5.15 Å². The Morgan fingerprint density at radius 3 is 2.60 bits per heavy atom. The number of aromatic nitrogens is 1. The standard InChI is InChI=1S/C10H13ClFN3/c1-14-2-4-15(5-3-14)8-6-9(12)10(11)13-7-8/h6-7H,2-5H2,1H3. The van der Waals surface area contributed by atoms with Crippen LogP contribution in [0.1, 0.15) is 0 Å². The van der Waals surface area contributed by atoms with Crippen molar-refractivity contribution in [2.75, 3.05) is 38.1 Å². The zero-order chi connectivity index (χ0) is 10.8. The van der Waals surface area contributed by atoms with Crippen molar-refractivity contribution < 1.29 is 4.39 Å². The van der Waals surface area contributed by atoms with Crippen molar-refractivity contribution in [3.05, 3.63) is 23.2 Å². The fourth-order valence-electron chi connectivity index (χ4n) is 1.65. The summed E-state index contributed by atoms with van der Waals surface area (Å²) in [6, 6.07) is 1.45. The molecule has 0 amide bonds. The summed E-state index contributed by atoms with van der Waals surface area (Å²) in [5, 5.41) is -0.0622. The molecule has 1 aromatic rings. The molecule has 5 heteroatoms. The third-order valence-corrected chi connectivity index (χ3v) is 2.93. The summed E-state index contributed by atoms with van der Waals surface area (Å²) in [4.78, 5) is 8.17. The van der Waals surface area contributed by atoms with Crippen molar-refractivity contribution in [2.45, 2.75) is 0 Å². The molecule has 82 valence electrons. The van der Waals surface area contributed by atoms with E-state index in [2.05, 4.69) is 21.8 Å². The SMILES string of the molecule is CN1CCN(c2cnc(Cl)c(F)c2)CC1. The Balaban J connectivity index is 2.12. The number of halogens is 2. The number of pyridine rings is 1. The number of hydrogen-bond donors (Lipinski definition) is 0. The fourth-order valence-corrected chi connectivity index (χ4v) is 1.75. The third kappa shape index (κ3) is 2.38. The van der Waals surface area contributed by atoms with Gasteiger partial charge in [-0.15, -0.1) is 0 Å². The highest BCUT2D eigenvalue weighted by Gasteiger charge is 2.15. The summed E-state index contributed by atoms with van der Waals surface area (Å²) in [7, 11) is 2.08. The topological polar surface area (TPSA) is 19.4 Å². The summed E-state index contributed by atoms with van der Waals surface area (Å²) in [6.45, 7) is 3.78. The van der Waals surface area contributed by atoms with Crippen LogP contribution in [0.15, 0.2) is 12.3 Å². The van der Waals surface area contributed by atoms with Crippen molar-refractivity contribution in [3.8, 4) is 0 Å². The molecule has 0 aromatic carbocycles. The zero-order valence-corrected chi connectivity index (χ0v) is 9.34. The monoisotopic (exact) mass is 229 g/mol. The van der Waals surface area contributed by atoms with Gasteiger partial charge in [-0.05, 0) is 7.05 Å². The van der Waals surface area contributed by atoms with Crippen molar-refractivity contribution in [3.63, 3.8) is 0 Å². The number of piperazine rings is 1. The van der Waals surface area contributed by atoms with Gasteiger partial charge in [-0.25, -0.2) is 9.37 Å². The van der Waals surface area contributed by atoms with Crippen LogP contribution >= 0.6 is 11.6 Å². The fraction of sp³-hybridized carbons (Fsp3) is 0.500. The average molecular weight is 230 g/mol. The van der Waals surface area contributed by atoms with Crippen LogP contribution in [0.4, 0.5) is 10.1 Å². The Kier molecular flexibility index (Phi) is 3.07. The van der Waals surface area contributed by atoms with Crippen LogP contribution in [0.3, 0.4) is 0 Å². The molecule has 0 saturated carbocycles. The van der Waals surface area contributed by atoms with Crippen LogP contribution in [-0.4, -0.2) is 43.1 Å². The second-order valence-electron chi connectivity index (χ2n) is 3.76. The first-order valence-corrected chi connectivity index (χ1v) is 5.29. The highest BCUT2D eigenvalue weighted by atomic mass is 35.5. The quantitative estimate of drug-likeness (QED) is 0.683. The van der Waals surface area contributed by atoms with Crippen molar-refractivity contribution in [1.82, 2.24) is 9.88 Å². The van der Waals surface area contributed by atoms with E-state index in [1.54, 1.807) is 6.20 Å². The predicted molar refractivity (Wildman–Crippen MR) is 58.9 cm³/mol. The Hall–Kier alpha value is -0.870. The van der Waals surface area contributed by atoms with Crippen LogP contribution in [0.25, 0.3) is 0 Å². The first-order valence-electron chi connectivity index (χ1n) is 4.91. The molecule has 3 nitrogen and oxygen atoms in total. The Bertz CT molecular complexity index is 351. The lowest BCUT2D eigenvalue weighted by Crippen LogP contribution is -2.44. The van der Waals surface area contributed by atoms with Crippen LogP contribution in [0.5, 0.6) is 0 Å². The van der Waals surface area contributed by atoms with E-state index in [0.717, 1.165) is 31.9 Å². The van der Waals surface area contributed by atoms with Crippen molar-refractivity contribution >= 4 is 17.3 Å². The van der Waals surface area contributed by atoms with Crippen LogP contribution < -0.4 is 4.90 Å². The van der Waals surface area contributed by atoms with Crippen LogP contribution in [0, 0.1) is 5.82 Å². The number of likely N-dealkylation sites (N-methyl/N-ethyl adjacent to an activating group) is 1. The zero-order valence-electron chi connectivity index (χ0n) is 8.58. The molecule has 0 bridgehead atoms. The molecule has 1 saturated heterocycles. The van der Waals surface area contributed by atoms with Gasteiger partial charge in [0, 0.05) is 32.2 Å². The van der Waals surface area contributed by atoms with Gasteiger partial charge < -0.3 is 9.80 Å². The van der Waals surface area contributed by atoms with Gasteiger partial charge in [0.15, 0.2) is 11.0 Å². The molecule has 0 spiro atoms. The van der Waals surface area contributed by atoms with E-state index in [1.165, 1.54) is 6.07 Å². The smallest absolute Gasteiger partial charge is 0.164 e. The molecule has 1 fully saturated rings. The van der Waals surface area contributed by atoms with Gasteiger partial charge in [0.1, 0.15) is 0 Å². The normalized spacial score (nSPS) is 18.2. The number of rotatable bonds is 1. The van der Waals surface area contributed by atoms with E-state index >= 15 is 0 Å². The van der Waals surface area contributed by atoms with E-state index < -0.39 is 5.82 Å². The van der Waals surface area contributed by atoms with E-state index in [0.29, 0.717) is 0 Å². The maximum Gasteiger partial charge on any atom is 0.164 e. The second-order valence-corrected chi connectivity index (χ2v) is 4.11. The van der Waals surface area contributed by atoms with Gasteiger partial charge in [-0.1, -0.05) is 11.6 Å². The van der Waals surface area contributed by atoms with Gasteiger partial charge in [0.05, 0.1) is 11.9 Å². The first-order chi connectivity index (χ1) is 7.16. The average Bonchev–Trinajstić information content (AvgIpc) is 2.23. The highest BCUT2D eigenvalue weighted by Crippen LogP contribution is 2.20. The van der Waals surface area contributed by atoms with Gasteiger partial charge in [-0.2, -0.15) is 0 Å². The minimum absolute atomic E-state index is 0.0622. The largest absolute Gasteiger partial charge is 0.368 e. The van der Waals surface area contributed by atoms with Crippen LogP contribution in [-0.2, 0) is 0 Å². The Morgan fingerprint density at radius 1 is 1.33 bits per heavy atom. The Morgan fingerprint density at radius 2 is 2.00 bits per heavy atom. The number of nitrogens with zero attached hydrogens (tertiary/aromatic N) is 3. The molecule has 0 aliphatic carbocycles. The van der Waals surface area contributed by atoms with Gasteiger partial charge in [0.2, 0.25) is 0 Å². The molecule has 2 rings (SSSR count). The van der Waals surface area contributed by atoms with E-state index in [1.807, 2.05) is 0 Å². The van der Waals surface area contributed by atoms with Gasteiger partial charge >= 0.3 is 0 Å². The maximum atomic E-state index is 13.2. The minimum atomic E-state index is -0.451. The molecule has 0 unspecified atom stereocenters. The van der Waals surface area contributed by atoms with E-state index in [-0.39, 0.29) is 5.15 Å². The molecule has 1 aliphatic rings. The summed E-state index contributed by atoms with van der Waals surface area (Å²) >= 11 is 5.53. The predicted octanol–water partition coefficient (Wildman–Crippen LogP) is 1.63. The maximum absolute atomic E-state index is 13.2. The van der Waals surface area contributed by atoms with Gasteiger partial charge in [0.25, 0.3) is 0 Å². The third-order valence-electron chi connectivity index (χ3n) is 2.65. The molecule has 0 radical (unpaired) electrons. The second kappa shape index (κ2) is 4.33.